The van der Waals surface area contributed by atoms with Crippen LogP contribution in [0.5, 0.6) is 0 Å². The molecule has 6 nitrogen and oxygen atoms in total. The summed E-state index contributed by atoms with van der Waals surface area (Å²) in [6.45, 7) is 0.738. The fourth-order valence-electron chi connectivity index (χ4n) is 1.61. The maximum atomic E-state index is 11.5. The van der Waals surface area contributed by atoms with E-state index in [4.69, 9.17) is 5.11 Å². The van der Waals surface area contributed by atoms with Crippen LogP contribution in [-0.4, -0.2) is 36.0 Å². The molecule has 1 aromatic rings. The molecule has 0 aromatic heterocycles. The van der Waals surface area contributed by atoms with Crippen molar-refractivity contribution in [1.29, 1.82) is 0 Å². The molecule has 6 heteroatoms. The van der Waals surface area contributed by atoms with Crippen LogP contribution in [-0.2, 0) is 20.8 Å². The van der Waals surface area contributed by atoms with E-state index in [1.165, 1.54) is 0 Å². The van der Waals surface area contributed by atoms with Gasteiger partial charge < -0.3 is 15.7 Å². The second-order valence-corrected chi connectivity index (χ2v) is 4.25. The lowest BCUT2D eigenvalue weighted by molar-refractivity contribution is -0.150. The summed E-state index contributed by atoms with van der Waals surface area (Å²) in [5, 5.41) is 13.3. The van der Waals surface area contributed by atoms with Crippen molar-refractivity contribution in [2.45, 2.75) is 19.3 Å². The molecule has 0 aliphatic carbocycles. The van der Waals surface area contributed by atoms with Crippen molar-refractivity contribution >= 4 is 17.8 Å². The summed E-state index contributed by atoms with van der Waals surface area (Å²) in [6.07, 6.45) is 1.44. The molecule has 2 amide bonds. The largest absolute Gasteiger partial charge is 0.474 e. The number of amides is 2. The van der Waals surface area contributed by atoms with Crippen molar-refractivity contribution in [2.75, 3.05) is 13.1 Å². The van der Waals surface area contributed by atoms with Crippen LogP contribution >= 0.6 is 0 Å². The predicted octanol–water partition coefficient (Wildman–Crippen LogP) is 0.326. The molecule has 0 fully saturated rings. The number of benzene rings is 1. The number of aliphatic carboxylic acids is 1. The molecule has 0 aliphatic rings. The van der Waals surface area contributed by atoms with Crippen LogP contribution < -0.4 is 10.6 Å². The molecule has 0 spiro atoms. The van der Waals surface area contributed by atoms with Gasteiger partial charge in [-0.3, -0.25) is 9.59 Å². The zero-order valence-corrected chi connectivity index (χ0v) is 11.1. The topological polar surface area (TPSA) is 95.5 Å². The summed E-state index contributed by atoms with van der Waals surface area (Å²) in [6, 6.07) is 9.82. The van der Waals surface area contributed by atoms with Crippen molar-refractivity contribution < 1.29 is 19.5 Å². The Balaban J connectivity index is 2.06. The maximum Gasteiger partial charge on any atom is 0.394 e. The van der Waals surface area contributed by atoms with Gasteiger partial charge >= 0.3 is 11.9 Å². The highest BCUT2D eigenvalue weighted by molar-refractivity contribution is 6.31. The van der Waals surface area contributed by atoms with Crippen LogP contribution in [0.15, 0.2) is 30.3 Å². The van der Waals surface area contributed by atoms with Gasteiger partial charge in [-0.15, -0.1) is 0 Å². The van der Waals surface area contributed by atoms with E-state index in [0.29, 0.717) is 13.0 Å². The van der Waals surface area contributed by atoms with Crippen molar-refractivity contribution in [1.82, 2.24) is 10.6 Å². The lowest BCUT2D eigenvalue weighted by atomic mass is 10.1. The van der Waals surface area contributed by atoms with Crippen LogP contribution in [0.3, 0.4) is 0 Å². The number of carboxylic acid groups (broad SMARTS) is 1. The Morgan fingerprint density at radius 2 is 1.70 bits per heavy atom. The van der Waals surface area contributed by atoms with Crippen molar-refractivity contribution in [3.05, 3.63) is 35.9 Å². The zero-order chi connectivity index (χ0) is 14.8. The third-order valence-electron chi connectivity index (χ3n) is 2.64. The molecule has 0 bridgehead atoms. The molecule has 0 saturated heterocycles. The lowest BCUT2D eigenvalue weighted by Crippen LogP contribution is -2.32. The van der Waals surface area contributed by atoms with Crippen molar-refractivity contribution in [2.24, 2.45) is 0 Å². The molecule has 20 heavy (non-hydrogen) atoms. The van der Waals surface area contributed by atoms with Crippen molar-refractivity contribution in [3.8, 4) is 0 Å². The van der Waals surface area contributed by atoms with E-state index in [2.05, 4.69) is 10.6 Å². The van der Waals surface area contributed by atoms with Gasteiger partial charge in [0.1, 0.15) is 0 Å². The minimum atomic E-state index is -1.52. The fraction of sp³-hybridized carbons (Fsp3) is 0.357. The van der Waals surface area contributed by atoms with Gasteiger partial charge in [-0.1, -0.05) is 30.3 Å². The maximum absolute atomic E-state index is 11.5. The van der Waals surface area contributed by atoms with E-state index >= 15 is 0 Å². The van der Waals surface area contributed by atoms with E-state index in [9.17, 15) is 14.4 Å². The van der Waals surface area contributed by atoms with Gasteiger partial charge in [0.15, 0.2) is 0 Å². The molecule has 0 heterocycles. The lowest BCUT2D eigenvalue weighted by Gasteiger charge is -2.05. The highest BCUT2D eigenvalue weighted by Crippen LogP contribution is 1.98. The van der Waals surface area contributed by atoms with Crippen LogP contribution in [0.1, 0.15) is 18.4 Å². The van der Waals surface area contributed by atoms with Crippen molar-refractivity contribution in [3.63, 3.8) is 0 Å². The van der Waals surface area contributed by atoms with Gasteiger partial charge in [-0.2, -0.15) is 0 Å². The number of hydrogen-bond donors (Lipinski definition) is 3. The van der Waals surface area contributed by atoms with Crippen LogP contribution in [0, 0.1) is 0 Å². The Kier molecular flexibility index (Phi) is 6.81. The standard InChI is InChI=1S/C14H18N2O4/c17-12(7-4-9-16-13(18)14(19)20)15-10-8-11-5-2-1-3-6-11/h1-3,5-6H,4,7-10H2,(H,15,17)(H,16,18)(H,19,20). The Labute approximate surface area is 117 Å². The van der Waals surface area contributed by atoms with Gasteiger partial charge in [-0.05, 0) is 18.4 Å². The first-order valence-electron chi connectivity index (χ1n) is 6.41. The number of carbonyl (C=O) groups excluding carboxylic acids is 2. The first-order chi connectivity index (χ1) is 9.59. The number of carboxylic acids is 1. The van der Waals surface area contributed by atoms with Gasteiger partial charge in [-0.25, -0.2) is 4.79 Å². The summed E-state index contributed by atoms with van der Waals surface area (Å²) in [5.74, 6) is -2.67. The van der Waals surface area contributed by atoms with E-state index in [1.807, 2.05) is 30.3 Å². The Morgan fingerprint density at radius 1 is 1.00 bits per heavy atom. The van der Waals surface area contributed by atoms with E-state index in [1.54, 1.807) is 0 Å². The normalized spacial score (nSPS) is 9.80. The number of rotatable bonds is 7. The number of hydrogen-bond acceptors (Lipinski definition) is 3. The Hall–Kier alpha value is -2.37. The summed E-state index contributed by atoms with van der Waals surface area (Å²) >= 11 is 0. The quantitative estimate of drug-likeness (QED) is 0.494. The molecule has 0 atom stereocenters. The first kappa shape index (κ1) is 15.7. The molecule has 1 rings (SSSR count). The number of carbonyl (C=O) groups is 3. The summed E-state index contributed by atoms with van der Waals surface area (Å²) in [5.41, 5.74) is 1.15. The third kappa shape index (κ3) is 6.53. The van der Waals surface area contributed by atoms with E-state index in [0.717, 1.165) is 12.0 Å². The minimum absolute atomic E-state index is 0.106. The molecule has 0 unspecified atom stereocenters. The Morgan fingerprint density at radius 3 is 2.35 bits per heavy atom. The summed E-state index contributed by atoms with van der Waals surface area (Å²) in [7, 11) is 0. The van der Waals surface area contributed by atoms with Gasteiger partial charge in [0.2, 0.25) is 5.91 Å². The second kappa shape index (κ2) is 8.68. The van der Waals surface area contributed by atoms with Crippen LogP contribution in [0.2, 0.25) is 0 Å². The average molecular weight is 278 g/mol. The molecule has 0 radical (unpaired) electrons. The molecule has 0 saturated carbocycles. The third-order valence-corrected chi connectivity index (χ3v) is 2.64. The Bertz CT molecular complexity index is 460. The minimum Gasteiger partial charge on any atom is -0.474 e. The fourth-order valence-corrected chi connectivity index (χ4v) is 1.61. The zero-order valence-electron chi connectivity index (χ0n) is 11.1. The van der Waals surface area contributed by atoms with Gasteiger partial charge in [0.05, 0.1) is 0 Å². The molecule has 1 aromatic carbocycles. The van der Waals surface area contributed by atoms with Gasteiger partial charge in [0, 0.05) is 19.5 Å². The highest BCUT2D eigenvalue weighted by Gasteiger charge is 2.09. The molecule has 0 aliphatic heterocycles. The van der Waals surface area contributed by atoms with E-state index < -0.39 is 11.9 Å². The van der Waals surface area contributed by atoms with E-state index in [-0.39, 0.29) is 18.9 Å². The average Bonchev–Trinajstić information content (AvgIpc) is 2.44. The van der Waals surface area contributed by atoms with Gasteiger partial charge in [0.25, 0.3) is 0 Å². The molecule has 108 valence electrons. The van der Waals surface area contributed by atoms with Crippen LogP contribution in [0.4, 0.5) is 0 Å². The second-order valence-electron chi connectivity index (χ2n) is 4.25. The predicted molar refractivity (Wildman–Crippen MR) is 73.0 cm³/mol. The molecular weight excluding hydrogens is 260 g/mol. The van der Waals surface area contributed by atoms with Crippen LogP contribution in [0.25, 0.3) is 0 Å². The SMILES string of the molecule is O=C(CCCNC(=O)C(=O)O)NCCc1ccccc1. The highest BCUT2D eigenvalue weighted by atomic mass is 16.4. The molecular formula is C14H18N2O4. The summed E-state index contributed by atoms with van der Waals surface area (Å²) < 4.78 is 0. The monoisotopic (exact) mass is 278 g/mol. The number of nitrogens with one attached hydrogen (secondary N) is 2. The summed E-state index contributed by atoms with van der Waals surface area (Å²) in [4.78, 5) is 32.4. The molecule has 3 N–H and O–H groups in total. The first-order valence-corrected chi connectivity index (χ1v) is 6.41. The smallest absolute Gasteiger partial charge is 0.394 e.